The van der Waals surface area contributed by atoms with Gasteiger partial charge in [0.05, 0.1) is 24.6 Å². The van der Waals surface area contributed by atoms with Gasteiger partial charge in [0.1, 0.15) is 17.2 Å². The van der Waals surface area contributed by atoms with Gasteiger partial charge >= 0.3 is 0 Å². The van der Waals surface area contributed by atoms with Crippen molar-refractivity contribution >= 4 is 11.9 Å². The van der Waals surface area contributed by atoms with Crippen LogP contribution in [0.2, 0.25) is 0 Å². The number of hydrogen-bond acceptors (Lipinski definition) is 8. The van der Waals surface area contributed by atoms with Crippen molar-refractivity contribution < 1.29 is 14.3 Å². The first-order valence-electron chi connectivity index (χ1n) is 9.00. The van der Waals surface area contributed by atoms with Crippen molar-refractivity contribution in [2.45, 2.75) is 19.9 Å². The Hall–Kier alpha value is -3.75. The molecule has 0 aliphatic carbocycles. The molecule has 0 spiro atoms. The number of aromatic nitrogens is 4. The highest BCUT2D eigenvalue weighted by Crippen LogP contribution is 2.29. The van der Waals surface area contributed by atoms with Crippen LogP contribution in [0.1, 0.15) is 24.3 Å². The molecular weight excluding hydrogens is 372 g/mol. The second-order valence-electron chi connectivity index (χ2n) is 6.35. The van der Waals surface area contributed by atoms with E-state index in [2.05, 4.69) is 30.6 Å². The Morgan fingerprint density at radius 2 is 1.90 bits per heavy atom. The first-order chi connectivity index (χ1) is 14.0. The lowest BCUT2D eigenvalue weighted by atomic mass is 10.2. The highest BCUT2D eigenvalue weighted by Gasteiger charge is 2.12. The van der Waals surface area contributed by atoms with E-state index in [1.807, 2.05) is 13.8 Å². The number of pyridine rings is 2. The summed E-state index contributed by atoms with van der Waals surface area (Å²) < 4.78 is 11.2. The van der Waals surface area contributed by atoms with Gasteiger partial charge in [0.25, 0.3) is 5.91 Å². The summed E-state index contributed by atoms with van der Waals surface area (Å²) in [7, 11) is 3.10. The number of ether oxygens (including phenoxy) is 2. The molecule has 0 aromatic carbocycles. The summed E-state index contributed by atoms with van der Waals surface area (Å²) >= 11 is 0. The lowest BCUT2D eigenvalue weighted by Gasteiger charge is -2.12. The van der Waals surface area contributed by atoms with Crippen LogP contribution in [0.15, 0.2) is 42.9 Å². The molecule has 29 heavy (non-hydrogen) atoms. The normalized spacial score (nSPS) is 10.5. The molecule has 2 N–H and O–H groups in total. The molecule has 3 heterocycles. The lowest BCUT2D eigenvalue weighted by Crippen LogP contribution is -2.18. The SMILES string of the molecule is CNC(=O)c1cc(Oc2ccc(-c3cnc(NC(C)C)nc3OC)nc2)ccn1. The van der Waals surface area contributed by atoms with E-state index in [1.165, 1.54) is 6.20 Å². The second-order valence-corrected chi connectivity index (χ2v) is 6.35. The Kier molecular flexibility index (Phi) is 6.18. The van der Waals surface area contributed by atoms with Gasteiger partial charge in [-0.15, -0.1) is 0 Å². The zero-order valence-electron chi connectivity index (χ0n) is 16.6. The molecule has 0 aliphatic rings. The summed E-state index contributed by atoms with van der Waals surface area (Å²) in [6, 6.07) is 6.98. The topological polar surface area (TPSA) is 111 Å². The van der Waals surface area contributed by atoms with Gasteiger partial charge in [-0.2, -0.15) is 4.98 Å². The third-order valence-electron chi connectivity index (χ3n) is 3.80. The molecule has 0 saturated carbocycles. The third kappa shape index (κ3) is 4.95. The van der Waals surface area contributed by atoms with Gasteiger partial charge in [-0.3, -0.25) is 14.8 Å². The summed E-state index contributed by atoms with van der Waals surface area (Å²) in [4.78, 5) is 28.8. The summed E-state index contributed by atoms with van der Waals surface area (Å²) in [5.74, 6) is 1.63. The highest BCUT2D eigenvalue weighted by atomic mass is 16.5. The van der Waals surface area contributed by atoms with Crippen molar-refractivity contribution in [2.24, 2.45) is 0 Å². The molecule has 9 nitrogen and oxygen atoms in total. The second kappa shape index (κ2) is 8.96. The van der Waals surface area contributed by atoms with Crippen molar-refractivity contribution in [1.82, 2.24) is 25.3 Å². The van der Waals surface area contributed by atoms with E-state index < -0.39 is 0 Å². The van der Waals surface area contributed by atoms with Crippen LogP contribution in [0.25, 0.3) is 11.3 Å². The fourth-order valence-corrected chi connectivity index (χ4v) is 2.49. The summed E-state index contributed by atoms with van der Waals surface area (Å²) in [6.45, 7) is 4.01. The van der Waals surface area contributed by atoms with Crippen LogP contribution in [-0.4, -0.2) is 46.0 Å². The first kappa shape index (κ1) is 20.0. The van der Waals surface area contributed by atoms with Crippen LogP contribution >= 0.6 is 0 Å². The summed E-state index contributed by atoms with van der Waals surface area (Å²) in [5, 5.41) is 5.66. The molecule has 0 radical (unpaired) electrons. The van der Waals surface area contributed by atoms with Crippen LogP contribution in [0.3, 0.4) is 0 Å². The van der Waals surface area contributed by atoms with Crippen LogP contribution in [0, 0.1) is 0 Å². The number of rotatable bonds is 7. The molecule has 3 rings (SSSR count). The van der Waals surface area contributed by atoms with Crippen molar-refractivity contribution in [3.8, 4) is 28.6 Å². The minimum Gasteiger partial charge on any atom is -0.480 e. The summed E-state index contributed by atoms with van der Waals surface area (Å²) in [6.07, 6.45) is 4.75. The van der Waals surface area contributed by atoms with E-state index in [-0.39, 0.29) is 17.6 Å². The van der Waals surface area contributed by atoms with E-state index >= 15 is 0 Å². The number of amides is 1. The number of methoxy groups -OCH3 is 1. The average Bonchev–Trinajstić information content (AvgIpc) is 2.73. The van der Waals surface area contributed by atoms with Gasteiger partial charge < -0.3 is 20.1 Å². The fraction of sp³-hybridized carbons (Fsp3) is 0.250. The molecular formula is C20H22N6O3. The first-order valence-corrected chi connectivity index (χ1v) is 9.00. The van der Waals surface area contributed by atoms with E-state index in [0.29, 0.717) is 34.6 Å². The summed E-state index contributed by atoms with van der Waals surface area (Å²) in [5.41, 5.74) is 1.58. The van der Waals surface area contributed by atoms with Gasteiger partial charge in [-0.05, 0) is 32.0 Å². The zero-order valence-corrected chi connectivity index (χ0v) is 16.6. The van der Waals surface area contributed by atoms with Crippen LogP contribution < -0.4 is 20.1 Å². The number of nitrogens with one attached hydrogen (secondary N) is 2. The standard InChI is InChI=1S/C20H22N6O3/c1-12(2)25-20-24-11-15(19(26-20)28-4)16-6-5-14(10-23-16)29-13-7-8-22-17(9-13)18(27)21-3/h5-12H,1-4H3,(H,21,27)(H,24,25,26). The third-order valence-corrected chi connectivity index (χ3v) is 3.80. The minimum absolute atomic E-state index is 0.206. The number of anilines is 1. The van der Waals surface area contributed by atoms with Crippen LogP contribution in [0.4, 0.5) is 5.95 Å². The van der Waals surface area contributed by atoms with Crippen molar-refractivity contribution in [1.29, 1.82) is 0 Å². The quantitative estimate of drug-likeness (QED) is 0.629. The zero-order chi connectivity index (χ0) is 20.8. The maximum atomic E-state index is 11.7. The van der Waals surface area contributed by atoms with E-state index in [9.17, 15) is 4.79 Å². The number of hydrogen-bond donors (Lipinski definition) is 2. The lowest BCUT2D eigenvalue weighted by molar-refractivity contribution is 0.0958. The Bertz CT molecular complexity index is 992. The van der Waals surface area contributed by atoms with Gasteiger partial charge in [0, 0.05) is 31.5 Å². The molecule has 0 atom stereocenters. The average molecular weight is 394 g/mol. The van der Waals surface area contributed by atoms with Crippen LogP contribution in [-0.2, 0) is 0 Å². The predicted octanol–water partition coefficient (Wildman–Crippen LogP) is 2.91. The van der Waals surface area contributed by atoms with Crippen molar-refractivity contribution in [2.75, 3.05) is 19.5 Å². The molecule has 0 bridgehead atoms. The van der Waals surface area contributed by atoms with E-state index in [1.54, 1.807) is 50.8 Å². The van der Waals surface area contributed by atoms with Crippen molar-refractivity contribution in [3.05, 3.63) is 48.5 Å². The van der Waals surface area contributed by atoms with Gasteiger partial charge in [0.2, 0.25) is 11.8 Å². The van der Waals surface area contributed by atoms with Gasteiger partial charge in [-0.1, -0.05) is 0 Å². The monoisotopic (exact) mass is 394 g/mol. The smallest absolute Gasteiger partial charge is 0.269 e. The van der Waals surface area contributed by atoms with Gasteiger partial charge in [0.15, 0.2) is 0 Å². The molecule has 3 aromatic rings. The minimum atomic E-state index is -0.286. The molecule has 0 fully saturated rings. The number of carbonyl (C=O) groups excluding carboxylic acids is 1. The molecule has 0 saturated heterocycles. The van der Waals surface area contributed by atoms with Crippen LogP contribution in [0.5, 0.6) is 17.4 Å². The Labute approximate surface area is 168 Å². The number of nitrogens with zero attached hydrogens (tertiary/aromatic N) is 4. The van der Waals surface area contributed by atoms with E-state index in [4.69, 9.17) is 9.47 Å². The van der Waals surface area contributed by atoms with Crippen molar-refractivity contribution in [3.63, 3.8) is 0 Å². The predicted molar refractivity (Wildman–Crippen MR) is 108 cm³/mol. The Morgan fingerprint density at radius 3 is 2.55 bits per heavy atom. The Balaban J connectivity index is 1.79. The molecule has 3 aromatic heterocycles. The fourth-order valence-electron chi connectivity index (χ4n) is 2.49. The molecule has 1 amide bonds. The molecule has 9 heteroatoms. The molecule has 150 valence electrons. The number of carbonyl (C=O) groups is 1. The molecule has 0 unspecified atom stereocenters. The van der Waals surface area contributed by atoms with Gasteiger partial charge in [-0.25, -0.2) is 4.98 Å². The maximum Gasteiger partial charge on any atom is 0.269 e. The maximum absolute atomic E-state index is 11.7. The molecule has 0 aliphatic heterocycles. The Morgan fingerprint density at radius 1 is 1.07 bits per heavy atom. The highest BCUT2D eigenvalue weighted by molar-refractivity contribution is 5.92. The van der Waals surface area contributed by atoms with E-state index in [0.717, 1.165) is 0 Å². The largest absolute Gasteiger partial charge is 0.480 e.